The van der Waals surface area contributed by atoms with Crippen molar-refractivity contribution in [2.24, 2.45) is 0 Å². The van der Waals surface area contributed by atoms with Gasteiger partial charge in [0.15, 0.2) is 0 Å². The fraction of sp³-hybridized carbons (Fsp3) is 0.0500. The topological polar surface area (TPSA) is 101 Å². The number of carbonyl (C=O) groups excluding carboxylic acids is 1. The third-order valence-electron chi connectivity index (χ3n) is 3.13. The van der Waals surface area contributed by atoms with Gasteiger partial charge in [-0.2, -0.15) is 0 Å². The van der Waals surface area contributed by atoms with Gasteiger partial charge in [-0.05, 0) is 24.0 Å². The molecule has 0 heterocycles. The minimum Gasteiger partial charge on any atom is -0.472 e. The summed E-state index contributed by atoms with van der Waals surface area (Å²) in [6, 6.07) is 15.8. The van der Waals surface area contributed by atoms with Gasteiger partial charge in [-0.25, -0.2) is 14.4 Å². The van der Waals surface area contributed by atoms with Crippen LogP contribution in [0.1, 0.15) is 15.9 Å². The van der Waals surface area contributed by atoms with Gasteiger partial charge in [-0.3, -0.25) is 0 Å². The van der Waals surface area contributed by atoms with Crippen LogP contribution in [0, 0.1) is 23.7 Å². The maximum absolute atomic E-state index is 12.5. The van der Waals surface area contributed by atoms with Crippen LogP contribution in [-0.4, -0.2) is 28.1 Å². The van der Waals surface area contributed by atoms with E-state index in [0.29, 0.717) is 0 Å². The number of carboxylic acid groups (broad SMARTS) is 2. The smallest absolute Gasteiger partial charge is 0.382 e. The second-order valence-corrected chi connectivity index (χ2v) is 4.91. The van der Waals surface area contributed by atoms with E-state index in [4.69, 9.17) is 14.9 Å². The van der Waals surface area contributed by atoms with Crippen molar-refractivity contribution in [2.75, 3.05) is 0 Å². The first kappa shape index (κ1) is 18.3. The molecule has 26 heavy (non-hydrogen) atoms. The molecule has 2 N–H and O–H groups in total. The van der Waals surface area contributed by atoms with Gasteiger partial charge in [-0.1, -0.05) is 48.5 Å². The van der Waals surface area contributed by atoms with E-state index in [1.54, 1.807) is 36.4 Å². The van der Waals surface area contributed by atoms with Gasteiger partial charge in [0.1, 0.15) is 0 Å². The summed E-state index contributed by atoms with van der Waals surface area (Å²) in [6.45, 7) is 0. The van der Waals surface area contributed by atoms with Crippen LogP contribution >= 0.6 is 0 Å². The van der Waals surface area contributed by atoms with Gasteiger partial charge in [0.25, 0.3) is 5.60 Å². The molecule has 0 bridgehead atoms. The highest BCUT2D eigenvalue weighted by atomic mass is 16.6. The highest BCUT2D eigenvalue weighted by molar-refractivity contribution is 5.92. The minimum absolute atomic E-state index is 0.182. The number of ether oxygens (including phenoxy) is 1. The maximum Gasteiger partial charge on any atom is 0.382 e. The van der Waals surface area contributed by atoms with Crippen molar-refractivity contribution >= 4 is 17.9 Å². The Morgan fingerprint density at radius 1 is 0.769 bits per heavy atom. The molecule has 2 rings (SSSR count). The second-order valence-electron chi connectivity index (χ2n) is 4.91. The lowest BCUT2D eigenvalue weighted by atomic mass is 9.94. The lowest BCUT2D eigenvalue weighted by Gasteiger charge is -2.23. The molecule has 0 saturated carbocycles. The Kier molecular flexibility index (Phi) is 5.76. The van der Waals surface area contributed by atoms with Crippen molar-refractivity contribution < 1.29 is 29.3 Å². The Morgan fingerprint density at radius 2 is 1.23 bits per heavy atom. The summed E-state index contributed by atoms with van der Waals surface area (Å²) < 4.78 is 5.40. The van der Waals surface area contributed by atoms with E-state index in [9.17, 15) is 14.4 Å². The number of carboxylic acids is 2. The van der Waals surface area contributed by atoms with E-state index in [2.05, 4.69) is 11.8 Å². The molecule has 0 atom stereocenters. The molecule has 0 spiro atoms. The van der Waals surface area contributed by atoms with Crippen LogP contribution in [0.15, 0.2) is 60.7 Å². The maximum atomic E-state index is 12.5. The third kappa shape index (κ3) is 4.73. The standard InChI is InChI=1S/C20H12O6/c21-17(22)11-13-20(14-12-18(23)24,16-9-5-2-6-10-16)26-19(25)15-7-3-1-4-8-15/h1-10H,(H,21,22)(H,23,24). The Hall–Kier alpha value is -4.03. The van der Waals surface area contributed by atoms with Crippen LogP contribution in [-0.2, 0) is 19.9 Å². The molecule has 2 aromatic carbocycles. The zero-order valence-corrected chi connectivity index (χ0v) is 13.3. The van der Waals surface area contributed by atoms with Crippen LogP contribution in [0.2, 0.25) is 0 Å². The highest BCUT2D eigenvalue weighted by Gasteiger charge is 2.34. The molecule has 0 aromatic heterocycles. The molecule has 0 unspecified atom stereocenters. The van der Waals surface area contributed by atoms with Crippen molar-refractivity contribution in [3.63, 3.8) is 0 Å². The molecule has 6 nitrogen and oxygen atoms in total. The summed E-state index contributed by atoms with van der Waals surface area (Å²) in [5.74, 6) is 4.50. The fourth-order valence-corrected chi connectivity index (χ4v) is 2.01. The highest BCUT2D eigenvalue weighted by Crippen LogP contribution is 2.26. The molecular weight excluding hydrogens is 336 g/mol. The summed E-state index contributed by atoms with van der Waals surface area (Å²) in [6.07, 6.45) is 0. The Bertz CT molecular complexity index is 908. The number of hydrogen-bond acceptors (Lipinski definition) is 4. The molecule has 0 saturated heterocycles. The SMILES string of the molecule is O=C(O)C#CC(C#CC(=O)O)(OC(=O)c1ccccc1)c1ccccc1. The van der Waals surface area contributed by atoms with Crippen LogP contribution in [0.5, 0.6) is 0 Å². The number of aliphatic carboxylic acids is 2. The van der Waals surface area contributed by atoms with E-state index in [1.165, 1.54) is 24.3 Å². The molecule has 0 amide bonds. The molecule has 2 aromatic rings. The molecule has 6 heteroatoms. The first-order valence-electron chi connectivity index (χ1n) is 7.29. The zero-order valence-electron chi connectivity index (χ0n) is 13.3. The van der Waals surface area contributed by atoms with E-state index in [0.717, 1.165) is 0 Å². The summed E-state index contributed by atoms with van der Waals surface area (Å²) in [5, 5.41) is 17.7. The van der Waals surface area contributed by atoms with Crippen LogP contribution < -0.4 is 0 Å². The summed E-state index contributed by atoms with van der Waals surface area (Å²) in [7, 11) is 0. The van der Waals surface area contributed by atoms with Crippen molar-refractivity contribution in [2.45, 2.75) is 5.60 Å². The number of rotatable bonds is 3. The molecule has 0 fully saturated rings. The zero-order chi connectivity index (χ0) is 19.0. The van der Waals surface area contributed by atoms with E-state index in [-0.39, 0.29) is 11.1 Å². The summed E-state index contributed by atoms with van der Waals surface area (Å²) in [4.78, 5) is 34.3. The largest absolute Gasteiger partial charge is 0.472 e. The van der Waals surface area contributed by atoms with Gasteiger partial charge in [0.2, 0.25) is 0 Å². The van der Waals surface area contributed by atoms with Gasteiger partial charge in [0.05, 0.1) is 5.56 Å². The lowest BCUT2D eigenvalue weighted by Crippen LogP contribution is -2.30. The molecular formula is C20H12O6. The monoisotopic (exact) mass is 348 g/mol. The first-order valence-corrected chi connectivity index (χ1v) is 7.29. The second kappa shape index (κ2) is 8.18. The third-order valence-corrected chi connectivity index (χ3v) is 3.13. The Labute approximate surface area is 149 Å². The minimum atomic E-state index is -2.05. The summed E-state index contributed by atoms with van der Waals surface area (Å²) >= 11 is 0. The fourth-order valence-electron chi connectivity index (χ4n) is 2.01. The number of carbonyl (C=O) groups is 3. The number of esters is 1. The Morgan fingerprint density at radius 3 is 1.69 bits per heavy atom. The molecule has 0 aliphatic heterocycles. The number of hydrogen-bond donors (Lipinski definition) is 2. The van der Waals surface area contributed by atoms with E-state index < -0.39 is 23.5 Å². The van der Waals surface area contributed by atoms with Crippen molar-refractivity contribution in [3.8, 4) is 23.7 Å². The quantitative estimate of drug-likeness (QED) is 0.649. The predicted octanol–water partition coefficient (Wildman–Crippen LogP) is 1.91. The molecule has 128 valence electrons. The predicted molar refractivity (Wildman–Crippen MR) is 90.8 cm³/mol. The Balaban J connectivity index is 2.61. The molecule has 0 aliphatic carbocycles. The van der Waals surface area contributed by atoms with Crippen LogP contribution in [0.25, 0.3) is 0 Å². The van der Waals surface area contributed by atoms with Gasteiger partial charge < -0.3 is 14.9 Å². The summed E-state index contributed by atoms with van der Waals surface area (Å²) in [5.41, 5.74) is -1.64. The first-order chi connectivity index (χ1) is 12.4. The number of benzene rings is 2. The average Bonchev–Trinajstić information content (AvgIpc) is 2.65. The van der Waals surface area contributed by atoms with Gasteiger partial charge in [-0.15, -0.1) is 0 Å². The van der Waals surface area contributed by atoms with Crippen LogP contribution in [0.4, 0.5) is 0 Å². The van der Waals surface area contributed by atoms with Crippen molar-refractivity contribution in [1.82, 2.24) is 0 Å². The van der Waals surface area contributed by atoms with Crippen molar-refractivity contribution in [3.05, 3.63) is 71.8 Å². The van der Waals surface area contributed by atoms with Gasteiger partial charge in [0, 0.05) is 17.4 Å². The lowest BCUT2D eigenvalue weighted by molar-refractivity contribution is -0.131. The normalized spacial score (nSPS) is 9.69. The van der Waals surface area contributed by atoms with E-state index in [1.807, 2.05) is 11.8 Å². The van der Waals surface area contributed by atoms with Crippen molar-refractivity contribution in [1.29, 1.82) is 0 Å². The molecule has 0 radical (unpaired) electrons. The van der Waals surface area contributed by atoms with Gasteiger partial charge >= 0.3 is 17.9 Å². The molecule has 0 aliphatic rings. The average molecular weight is 348 g/mol. The van der Waals surface area contributed by atoms with E-state index >= 15 is 0 Å². The van der Waals surface area contributed by atoms with Crippen LogP contribution in [0.3, 0.4) is 0 Å².